The molecule has 14 heavy (non-hydrogen) atoms. The molecule has 76 valence electrons. The van der Waals surface area contributed by atoms with Crippen molar-refractivity contribution in [2.45, 2.75) is 38.6 Å². The molecule has 1 N–H and O–H groups in total. The Labute approximate surface area is 86.5 Å². The van der Waals surface area contributed by atoms with E-state index in [1.54, 1.807) is 11.1 Å². The topological polar surface area (TPSA) is 12.0 Å². The van der Waals surface area contributed by atoms with Crippen LogP contribution in [0, 0.1) is 0 Å². The predicted molar refractivity (Wildman–Crippen MR) is 60.5 cm³/mol. The van der Waals surface area contributed by atoms with Gasteiger partial charge in [0, 0.05) is 6.04 Å². The van der Waals surface area contributed by atoms with Crippen molar-refractivity contribution in [3.05, 3.63) is 35.4 Å². The molecule has 1 atom stereocenters. The molecule has 0 aliphatic carbocycles. The Morgan fingerprint density at radius 3 is 2.86 bits per heavy atom. The summed E-state index contributed by atoms with van der Waals surface area (Å²) in [6.45, 7) is 3.40. The summed E-state index contributed by atoms with van der Waals surface area (Å²) in [6, 6.07) is 9.56. The van der Waals surface area contributed by atoms with Crippen LogP contribution in [0.3, 0.4) is 0 Å². The summed E-state index contributed by atoms with van der Waals surface area (Å²) in [5, 5.41) is 3.63. The lowest BCUT2D eigenvalue weighted by atomic mass is 9.99. The molecule has 0 amide bonds. The van der Waals surface area contributed by atoms with Gasteiger partial charge in [-0.15, -0.1) is 0 Å². The van der Waals surface area contributed by atoms with E-state index in [4.69, 9.17) is 0 Å². The van der Waals surface area contributed by atoms with Crippen LogP contribution in [0.25, 0.3) is 0 Å². The van der Waals surface area contributed by atoms with Crippen molar-refractivity contribution >= 4 is 0 Å². The number of hydrogen-bond acceptors (Lipinski definition) is 1. The van der Waals surface area contributed by atoms with Crippen LogP contribution < -0.4 is 5.32 Å². The molecule has 1 heterocycles. The fourth-order valence-electron chi connectivity index (χ4n) is 2.30. The molecule has 0 bridgehead atoms. The number of rotatable bonds is 2. The molecule has 1 aliphatic rings. The average molecular weight is 189 g/mol. The third-order valence-electron chi connectivity index (χ3n) is 3.05. The monoisotopic (exact) mass is 189 g/mol. The Hall–Kier alpha value is -0.820. The largest absolute Gasteiger partial charge is 0.313 e. The first-order valence-corrected chi connectivity index (χ1v) is 5.70. The molecule has 0 spiro atoms. The van der Waals surface area contributed by atoms with Crippen molar-refractivity contribution in [1.82, 2.24) is 5.32 Å². The van der Waals surface area contributed by atoms with E-state index in [9.17, 15) is 0 Å². The second-order valence-electron chi connectivity index (χ2n) is 4.16. The van der Waals surface area contributed by atoms with Crippen LogP contribution in [0.1, 0.15) is 30.9 Å². The van der Waals surface area contributed by atoms with Gasteiger partial charge >= 0.3 is 0 Å². The van der Waals surface area contributed by atoms with Crippen LogP contribution in [0.5, 0.6) is 0 Å². The molecule has 1 aromatic rings. The lowest BCUT2D eigenvalue weighted by Gasteiger charge is -2.14. The quantitative estimate of drug-likeness (QED) is 0.754. The van der Waals surface area contributed by atoms with Gasteiger partial charge in [0.05, 0.1) is 0 Å². The van der Waals surface area contributed by atoms with Gasteiger partial charge in [0.15, 0.2) is 0 Å². The molecule has 0 fully saturated rings. The zero-order valence-corrected chi connectivity index (χ0v) is 8.92. The molecule has 0 radical (unpaired) electrons. The van der Waals surface area contributed by atoms with Crippen molar-refractivity contribution in [3.8, 4) is 0 Å². The summed E-state index contributed by atoms with van der Waals surface area (Å²) >= 11 is 0. The molecule has 0 aromatic heterocycles. The highest BCUT2D eigenvalue weighted by molar-refractivity contribution is 5.29. The van der Waals surface area contributed by atoms with Crippen LogP contribution in [0.4, 0.5) is 0 Å². The minimum absolute atomic E-state index is 0.698. The number of benzene rings is 1. The maximum atomic E-state index is 3.63. The molecular formula is C13H19N. The SMILES string of the molecule is CCCC1Cc2ccccc2CCN1. The molecule has 2 rings (SSSR count). The number of nitrogens with one attached hydrogen (secondary N) is 1. The molecule has 1 heteroatoms. The van der Waals surface area contributed by atoms with Gasteiger partial charge in [-0.25, -0.2) is 0 Å². The molecule has 0 saturated heterocycles. The van der Waals surface area contributed by atoms with Gasteiger partial charge < -0.3 is 5.32 Å². The highest BCUT2D eigenvalue weighted by Crippen LogP contribution is 2.16. The van der Waals surface area contributed by atoms with Gasteiger partial charge in [0.1, 0.15) is 0 Å². The first-order valence-electron chi connectivity index (χ1n) is 5.70. The predicted octanol–water partition coefficient (Wildman–Crippen LogP) is 2.54. The fraction of sp³-hybridized carbons (Fsp3) is 0.538. The van der Waals surface area contributed by atoms with Gasteiger partial charge in [-0.2, -0.15) is 0 Å². The molecule has 1 aliphatic heterocycles. The van der Waals surface area contributed by atoms with Crippen molar-refractivity contribution < 1.29 is 0 Å². The van der Waals surface area contributed by atoms with E-state index in [0.29, 0.717) is 6.04 Å². The molecule has 0 saturated carbocycles. The fourth-order valence-corrected chi connectivity index (χ4v) is 2.30. The Morgan fingerprint density at radius 2 is 2.07 bits per heavy atom. The van der Waals surface area contributed by atoms with Gasteiger partial charge in [0.25, 0.3) is 0 Å². The van der Waals surface area contributed by atoms with Crippen LogP contribution in [0.15, 0.2) is 24.3 Å². The summed E-state index contributed by atoms with van der Waals surface area (Å²) in [5.74, 6) is 0. The maximum Gasteiger partial charge on any atom is 0.0108 e. The third-order valence-corrected chi connectivity index (χ3v) is 3.05. The van der Waals surface area contributed by atoms with Crippen LogP contribution in [-0.2, 0) is 12.8 Å². The Bertz CT molecular complexity index is 293. The van der Waals surface area contributed by atoms with E-state index < -0.39 is 0 Å². The standard InChI is InChI=1S/C13H19N/c1-2-5-13-10-12-7-4-3-6-11(12)8-9-14-13/h3-4,6-7,13-14H,2,5,8-10H2,1H3. The van der Waals surface area contributed by atoms with Crippen LogP contribution in [0.2, 0.25) is 0 Å². The van der Waals surface area contributed by atoms with Crippen LogP contribution >= 0.6 is 0 Å². The highest BCUT2D eigenvalue weighted by atomic mass is 14.9. The summed E-state index contributed by atoms with van der Waals surface area (Å²) in [4.78, 5) is 0. The molecular weight excluding hydrogens is 170 g/mol. The highest BCUT2D eigenvalue weighted by Gasteiger charge is 2.14. The molecule has 1 nitrogen and oxygen atoms in total. The first-order chi connectivity index (χ1) is 6.90. The van der Waals surface area contributed by atoms with Gasteiger partial charge in [0.2, 0.25) is 0 Å². The van der Waals surface area contributed by atoms with E-state index in [-0.39, 0.29) is 0 Å². The van der Waals surface area contributed by atoms with Crippen molar-refractivity contribution in [1.29, 1.82) is 0 Å². The lowest BCUT2D eigenvalue weighted by molar-refractivity contribution is 0.489. The second kappa shape index (κ2) is 4.61. The Balaban J connectivity index is 2.14. The molecule has 1 unspecified atom stereocenters. The minimum atomic E-state index is 0.698. The van der Waals surface area contributed by atoms with E-state index in [1.165, 1.54) is 25.7 Å². The summed E-state index contributed by atoms with van der Waals surface area (Å²) in [6.07, 6.45) is 4.98. The van der Waals surface area contributed by atoms with E-state index >= 15 is 0 Å². The molecule has 1 aromatic carbocycles. The van der Waals surface area contributed by atoms with Crippen molar-refractivity contribution in [2.75, 3.05) is 6.54 Å². The summed E-state index contributed by atoms with van der Waals surface area (Å²) in [5.41, 5.74) is 3.09. The minimum Gasteiger partial charge on any atom is -0.313 e. The Kier molecular flexibility index (Phi) is 3.20. The summed E-state index contributed by atoms with van der Waals surface area (Å²) < 4.78 is 0. The maximum absolute atomic E-state index is 3.63. The zero-order valence-electron chi connectivity index (χ0n) is 8.92. The van der Waals surface area contributed by atoms with E-state index in [1.807, 2.05) is 0 Å². The van der Waals surface area contributed by atoms with Crippen molar-refractivity contribution in [2.24, 2.45) is 0 Å². The third kappa shape index (κ3) is 2.16. The zero-order chi connectivity index (χ0) is 9.80. The lowest BCUT2D eigenvalue weighted by Crippen LogP contribution is -2.30. The average Bonchev–Trinajstić information content (AvgIpc) is 2.40. The van der Waals surface area contributed by atoms with E-state index in [0.717, 1.165) is 6.54 Å². The van der Waals surface area contributed by atoms with E-state index in [2.05, 4.69) is 36.5 Å². The smallest absolute Gasteiger partial charge is 0.0108 e. The van der Waals surface area contributed by atoms with Crippen LogP contribution in [-0.4, -0.2) is 12.6 Å². The first kappa shape index (κ1) is 9.72. The second-order valence-corrected chi connectivity index (χ2v) is 4.16. The Morgan fingerprint density at radius 1 is 1.29 bits per heavy atom. The van der Waals surface area contributed by atoms with Gasteiger partial charge in [-0.1, -0.05) is 37.6 Å². The normalized spacial score (nSPS) is 21.4. The van der Waals surface area contributed by atoms with Gasteiger partial charge in [-0.05, 0) is 36.9 Å². The number of hydrogen-bond donors (Lipinski definition) is 1. The van der Waals surface area contributed by atoms with Gasteiger partial charge in [-0.3, -0.25) is 0 Å². The summed E-state index contributed by atoms with van der Waals surface area (Å²) in [7, 11) is 0. The number of fused-ring (bicyclic) bond motifs is 1. The van der Waals surface area contributed by atoms with Crippen molar-refractivity contribution in [3.63, 3.8) is 0 Å².